The van der Waals surface area contributed by atoms with Crippen molar-refractivity contribution in [1.82, 2.24) is 9.97 Å². The number of aromatic nitrogens is 2. The van der Waals surface area contributed by atoms with Gasteiger partial charge in [-0.2, -0.15) is 5.26 Å². The Bertz CT molecular complexity index is 935. The first-order valence-electron chi connectivity index (χ1n) is 7.49. The third-order valence-corrected chi connectivity index (χ3v) is 4.75. The van der Waals surface area contributed by atoms with Gasteiger partial charge in [0.2, 0.25) is 0 Å². The van der Waals surface area contributed by atoms with Crippen LogP contribution in [0.5, 0.6) is 0 Å². The summed E-state index contributed by atoms with van der Waals surface area (Å²) in [5, 5.41) is 9.92. The fraction of sp³-hybridized carbons (Fsp3) is 0.105. The molecule has 0 bridgehead atoms. The Labute approximate surface area is 154 Å². The van der Waals surface area contributed by atoms with E-state index >= 15 is 0 Å². The molecule has 0 saturated carbocycles. The first-order valence-corrected chi connectivity index (χ1v) is 8.85. The van der Waals surface area contributed by atoms with Crippen molar-refractivity contribution >= 4 is 23.4 Å². The molecule has 3 rings (SSSR count). The van der Waals surface area contributed by atoms with Gasteiger partial charge in [0.05, 0.1) is 5.69 Å². The second-order valence-corrected chi connectivity index (χ2v) is 6.71. The van der Waals surface area contributed by atoms with Crippen molar-refractivity contribution in [3.05, 3.63) is 76.2 Å². The second kappa shape index (κ2) is 7.64. The molecular formula is C19H13ClFN3S. The molecule has 0 N–H and O–H groups in total. The largest absolute Gasteiger partial charge is 0.221 e. The minimum atomic E-state index is -0.351. The average molecular weight is 370 g/mol. The highest BCUT2D eigenvalue weighted by Gasteiger charge is 2.15. The number of aryl methyl sites for hydroxylation is 1. The van der Waals surface area contributed by atoms with Crippen molar-refractivity contribution in [3.63, 3.8) is 0 Å². The average Bonchev–Trinajstić information content (AvgIpc) is 2.61. The molecule has 25 heavy (non-hydrogen) atoms. The SMILES string of the molecule is Cc1ccc(CSc2nc(Cl)c(C#N)c(-c3ccc(F)cc3)n2)cc1. The van der Waals surface area contributed by atoms with Gasteiger partial charge < -0.3 is 0 Å². The predicted octanol–water partition coefficient (Wildman–Crippen LogP) is 5.41. The lowest BCUT2D eigenvalue weighted by molar-refractivity contribution is 0.628. The van der Waals surface area contributed by atoms with Crippen LogP contribution >= 0.6 is 23.4 Å². The summed E-state index contributed by atoms with van der Waals surface area (Å²) in [5.41, 5.74) is 3.56. The van der Waals surface area contributed by atoms with E-state index in [2.05, 4.69) is 22.1 Å². The molecule has 3 nitrogen and oxygen atoms in total. The van der Waals surface area contributed by atoms with Crippen LogP contribution in [0.25, 0.3) is 11.3 Å². The number of rotatable bonds is 4. The smallest absolute Gasteiger partial charge is 0.189 e. The zero-order valence-corrected chi connectivity index (χ0v) is 14.9. The van der Waals surface area contributed by atoms with E-state index in [4.69, 9.17) is 11.6 Å². The van der Waals surface area contributed by atoms with E-state index in [9.17, 15) is 9.65 Å². The highest BCUT2D eigenvalue weighted by atomic mass is 35.5. The van der Waals surface area contributed by atoms with Gasteiger partial charge in [-0.3, -0.25) is 0 Å². The van der Waals surface area contributed by atoms with Crippen LogP contribution < -0.4 is 0 Å². The van der Waals surface area contributed by atoms with E-state index in [0.29, 0.717) is 22.2 Å². The fourth-order valence-corrected chi connectivity index (χ4v) is 3.29. The number of nitriles is 1. The third-order valence-electron chi connectivity index (χ3n) is 3.56. The van der Waals surface area contributed by atoms with Gasteiger partial charge in [-0.25, -0.2) is 14.4 Å². The maximum Gasteiger partial charge on any atom is 0.189 e. The Balaban J connectivity index is 1.91. The highest BCUT2D eigenvalue weighted by molar-refractivity contribution is 7.98. The molecule has 0 saturated heterocycles. The van der Waals surface area contributed by atoms with Crippen molar-refractivity contribution in [2.24, 2.45) is 0 Å². The minimum absolute atomic E-state index is 0.100. The zero-order chi connectivity index (χ0) is 17.8. The molecule has 0 aliphatic heterocycles. The number of nitrogens with zero attached hydrogens (tertiary/aromatic N) is 3. The number of benzene rings is 2. The van der Waals surface area contributed by atoms with Gasteiger partial charge in [0, 0.05) is 11.3 Å². The van der Waals surface area contributed by atoms with Crippen molar-refractivity contribution in [3.8, 4) is 17.3 Å². The zero-order valence-electron chi connectivity index (χ0n) is 13.3. The van der Waals surface area contributed by atoms with Crippen LogP contribution in [0, 0.1) is 24.1 Å². The molecule has 0 fully saturated rings. The number of thioether (sulfide) groups is 1. The lowest BCUT2D eigenvalue weighted by atomic mass is 10.1. The molecular weight excluding hydrogens is 357 g/mol. The van der Waals surface area contributed by atoms with Crippen LogP contribution in [0.3, 0.4) is 0 Å². The molecule has 6 heteroatoms. The Kier molecular flexibility index (Phi) is 5.32. The molecule has 2 aromatic carbocycles. The van der Waals surface area contributed by atoms with E-state index in [-0.39, 0.29) is 16.5 Å². The monoisotopic (exact) mass is 369 g/mol. The second-order valence-electron chi connectivity index (χ2n) is 5.41. The van der Waals surface area contributed by atoms with Crippen LogP contribution in [-0.2, 0) is 5.75 Å². The van der Waals surface area contributed by atoms with Crippen LogP contribution in [0.2, 0.25) is 5.15 Å². The number of hydrogen-bond donors (Lipinski definition) is 0. The minimum Gasteiger partial charge on any atom is -0.221 e. The Morgan fingerprint density at radius 1 is 1.08 bits per heavy atom. The van der Waals surface area contributed by atoms with E-state index in [1.165, 1.54) is 29.5 Å². The standard InChI is InChI=1S/C19H13ClFN3S/c1-12-2-4-13(5-3-12)11-25-19-23-17(16(10-22)18(20)24-19)14-6-8-15(21)9-7-14/h2-9H,11H2,1H3. The van der Waals surface area contributed by atoms with E-state index in [1.54, 1.807) is 12.1 Å². The lowest BCUT2D eigenvalue weighted by Gasteiger charge is -2.08. The van der Waals surface area contributed by atoms with Crippen LogP contribution in [-0.4, -0.2) is 9.97 Å². The molecule has 0 unspecified atom stereocenters. The molecule has 0 radical (unpaired) electrons. The van der Waals surface area contributed by atoms with Crippen LogP contribution in [0.4, 0.5) is 4.39 Å². The van der Waals surface area contributed by atoms with Gasteiger partial charge in [0.15, 0.2) is 10.3 Å². The van der Waals surface area contributed by atoms with Gasteiger partial charge in [-0.05, 0) is 36.8 Å². The summed E-state index contributed by atoms with van der Waals surface area (Å²) >= 11 is 7.59. The van der Waals surface area contributed by atoms with Gasteiger partial charge in [0.1, 0.15) is 17.4 Å². The fourth-order valence-electron chi connectivity index (χ4n) is 2.23. The van der Waals surface area contributed by atoms with Crippen LogP contribution in [0.15, 0.2) is 53.7 Å². The van der Waals surface area contributed by atoms with Crippen LogP contribution in [0.1, 0.15) is 16.7 Å². The molecule has 1 heterocycles. The first-order chi connectivity index (χ1) is 12.1. The predicted molar refractivity (Wildman–Crippen MR) is 97.9 cm³/mol. The quantitative estimate of drug-likeness (QED) is 0.350. The van der Waals surface area contributed by atoms with Crippen molar-refractivity contribution < 1.29 is 4.39 Å². The van der Waals surface area contributed by atoms with Crippen molar-refractivity contribution in [1.29, 1.82) is 5.26 Å². The normalized spacial score (nSPS) is 10.5. The van der Waals surface area contributed by atoms with Crippen molar-refractivity contribution in [2.45, 2.75) is 17.8 Å². The Hall–Kier alpha value is -2.42. The molecule has 3 aromatic rings. The summed E-state index contributed by atoms with van der Waals surface area (Å²) in [6, 6.07) is 16.0. The van der Waals surface area contributed by atoms with Gasteiger partial charge in [-0.15, -0.1) is 0 Å². The number of halogens is 2. The van der Waals surface area contributed by atoms with Gasteiger partial charge >= 0.3 is 0 Å². The maximum absolute atomic E-state index is 13.2. The van der Waals surface area contributed by atoms with E-state index in [0.717, 1.165) is 5.56 Å². The molecule has 0 aliphatic carbocycles. The summed E-state index contributed by atoms with van der Waals surface area (Å²) in [5.74, 6) is 0.335. The first kappa shape index (κ1) is 17.4. The van der Waals surface area contributed by atoms with Gasteiger partial charge in [0.25, 0.3) is 0 Å². The molecule has 0 spiro atoms. The topological polar surface area (TPSA) is 49.6 Å². The van der Waals surface area contributed by atoms with Gasteiger partial charge in [-0.1, -0.05) is 53.2 Å². The Morgan fingerprint density at radius 3 is 2.40 bits per heavy atom. The number of hydrogen-bond acceptors (Lipinski definition) is 4. The summed E-state index contributed by atoms with van der Waals surface area (Å²) in [7, 11) is 0. The highest BCUT2D eigenvalue weighted by Crippen LogP contribution is 2.30. The third kappa shape index (κ3) is 4.16. The summed E-state index contributed by atoms with van der Waals surface area (Å²) in [4.78, 5) is 8.66. The maximum atomic E-state index is 13.2. The molecule has 0 atom stereocenters. The van der Waals surface area contributed by atoms with E-state index in [1.807, 2.05) is 25.1 Å². The summed E-state index contributed by atoms with van der Waals surface area (Å²) in [6.45, 7) is 2.04. The summed E-state index contributed by atoms with van der Waals surface area (Å²) in [6.07, 6.45) is 0. The Morgan fingerprint density at radius 2 is 1.76 bits per heavy atom. The van der Waals surface area contributed by atoms with E-state index < -0.39 is 0 Å². The molecule has 124 valence electrons. The molecule has 0 amide bonds. The lowest BCUT2D eigenvalue weighted by Crippen LogP contribution is -1.97. The molecule has 1 aromatic heterocycles. The summed E-state index contributed by atoms with van der Waals surface area (Å²) < 4.78 is 13.2. The molecule has 0 aliphatic rings. The van der Waals surface area contributed by atoms with Crippen molar-refractivity contribution in [2.75, 3.05) is 0 Å².